The molecular weight excluding hydrogens is 270 g/mol. The van der Waals surface area contributed by atoms with Crippen LogP contribution in [0.5, 0.6) is 0 Å². The molecule has 1 heterocycles. The minimum atomic E-state index is -0.857. The molecule has 1 rings (SSSR count). The van der Waals surface area contributed by atoms with Crippen LogP contribution in [0.3, 0.4) is 0 Å². The van der Waals surface area contributed by atoms with Gasteiger partial charge in [0.1, 0.15) is 0 Å². The summed E-state index contributed by atoms with van der Waals surface area (Å²) in [6, 6.07) is -0.183. The van der Waals surface area contributed by atoms with Gasteiger partial charge in [0.2, 0.25) is 0 Å². The Morgan fingerprint density at radius 1 is 1.38 bits per heavy atom. The van der Waals surface area contributed by atoms with Crippen molar-refractivity contribution in [2.24, 2.45) is 11.3 Å². The van der Waals surface area contributed by atoms with Crippen LogP contribution in [-0.4, -0.2) is 67.2 Å². The molecule has 2 amide bonds. The Hall–Kier alpha value is -1.30. The molecule has 2 N–H and O–H groups in total. The molecule has 0 aliphatic carbocycles. The Kier molecular flexibility index (Phi) is 6.45. The lowest BCUT2D eigenvalue weighted by molar-refractivity contribution is -0.149. The quantitative estimate of drug-likeness (QED) is 0.746. The van der Waals surface area contributed by atoms with E-state index in [4.69, 9.17) is 0 Å². The van der Waals surface area contributed by atoms with Crippen molar-refractivity contribution in [2.75, 3.05) is 40.3 Å². The van der Waals surface area contributed by atoms with E-state index in [1.807, 2.05) is 13.8 Å². The van der Waals surface area contributed by atoms with Gasteiger partial charge in [-0.2, -0.15) is 0 Å². The van der Waals surface area contributed by atoms with E-state index in [1.165, 1.54) is 0 Å². The van der Waals surface area contributed by atoms with Crippen LogP contribution < -0.4 is 5.32 Å². The van der Waals surface area contributed by atoms with E-state index in [2.05, 4.69) is 17.3 Å². The predicted octanol–water partition coefficient (Wildman–Crippen LogP) is 1.47. The third kappa shape index (κ3) is 4.59. The summed E-state index contributed by atoms with van der Waals surface area (Å²) in [7, 11) is 3.86. The van der Waals surface area contributed by atoms with Crippen molar-refractivity contribution in [1.29, 1.82) is 0 Å². The molecule has 6 heteroatoms. The molecule has 0 aromatic rings. The maximum atomic E-state index is 12.1. The standard InChI is InChI=1S/C15H29N3O3/c1-5-15(6-2,13(19)20)11-16-14(21)18(4)10-12-7-8-17(3)9-12/h12H,5-11H2,1-4H3,(H,16,21)(H,19,20). The van der Waals surface area contributed by atoms with Crippen LogP contribution in [0, 0.1) is 11.3 Å². The fourth-order valence-corrected chi connectivity index (χ4v) is 2.90. The summed E-state index contributed by atoms with van der Waals surface area (Å²) >= 11 is 0. The highest BCUT2D eigenvalue weighted by atomic mass is 16.4. The maximum absolute atomic E-state index is 12.1. The summed E-state index contributed by atoms with van der Waals surface area (Å²) < 4.78 is 0. The average Bonchev–Trinajstić information content (AvgIpc) is 2.85. The Morgan fingerprint density at radius 2 is 2.00 bits per heavy atom. The van der Waals surface area contributed by atoms with Crippen molar-refractivity contribution in [1.82, 2.24) is 15.1 Å². The first-order valence-electron chi connectivity index (χ1n) is 7.75. The van der Waals surface area contributed by atoms with Crippen molar-refractivity contribution < 1.29 is 14.7 Å². The van der Waals surface area contributed by atoms with Gasteiger partial charge in [0, 0.05) is 26.7 Å². The highest BCUT2D eigenvalue weighted by molar-refractivity contribution is 5.78. The molecule has 21 heavy (non-hydrogen) atoms. The number of carboxylic acid groups (broad SMARTS) is 1. The zero-order valence-corrected chi connectivity index (χ0v) is 13.7. The highest BCUT2D eigenvalue weighted by Crippen LogP contribution is 2.25. The Labute approximate surface area is 127 Å². The molecule has 6 nitrogen and oxygen atoms in total. The monoisotopic (exact) mass is 299 g/mol. The zero-order chi connectivity index (χ0) is 16.0. The number of carbonyl (C=O) groups excluding carboxylic acids is 1. The SMILES string of the molecule is CCC(CC)(CNC(=O)N(C)CC1CCN(C)C1)C(=O)O. The van der Waals surface area contributed by atoms with Crippen LogP contribution in [0.1, 0.15) is 33.1 Å². The Balaban J connectivity index is 2.46. The average molecular weight is 299 g/mol. The third-order valence-electron chi connectivity index (χ3n) is 4.75. The molecule has 1 aliphatic rings. The molecule has 0 bridgehead atoms. The minimum absolute atomic E-state index is 0.183. The molecule has 1 atom stereocenters. The van der Waals surface area contributed by atoms with Crippen LogP contribution in [0.2, 0.25) is 0 Å². The van der Waals surface area contributed by atoms with Gasteiger partial charge in [-0.15, -0.1) is 0 Å². The number of nitrogens with zero attached hydrogens (tertiary/aromatic N) is 2. The van der Waals surface area contributed by atoms with E-state index in [1.54, 1.807) is 11.9 Å². The van der Waals surface area contributed by atoms with E-state index < -0.39 is 11.4 Å². The molecular formula is C15H29N3O3. The van der Waals surface area contributed by atoms with E-state index in [0.717, 1.165) is 19.5 Å². The minimum Gasteiger partial charge on any atom is -0.481 e. The van der Waals surface area contributed by atoms with Crippen molar-refractivity contribution in [3.8, 4) is 0 Å². The molecule has 1 aliphatic heterocycles. The summed E-state index contributed by atoms with van der Waals surface area (Å²) in [5.41, 5.74) is -0.857. The lowest BCUT2D eigenvalue weighted by Gasteiger charge is -2.29. The van der Waals surface area contributed by atoms with Gasteiger partial charge in [-0.05, 0) is 38.8 Å². The van der Waals surface area contributed by atoms with Crippen molar-refractivity contribution >= 4 is 12.0 Å². The van der Waals surface area contributed by atoms with Crippen LogP contribution in [0.4, 0.5) is 4.79 Å². The molecule has 0 spiro atoms. The van der Waals surface area contributed by atoms with Gasteiger partial charge in [0.05, 0.1) is 5.41 Å². The highest BCUT2D eigenvalue weighted by Gasteiger charge is 2.35. The van der Waals surface area contributed by atoms with Crippen LogP contribution in [-0.2, 0) is 4.79 Å². The number of amides is 2. The van der Waals surface area contributed by atoms with Gasteiger partial charge in [-0.1, -0.05) is 13.8 Å². The number of nitrogens with one attached hydrogen (secondary N) is 1. The largest absolute Gasteiger partial charge is 0.481 e. The Bertz CT molecular complexity index is 369. The second-order valence-corrected chi connectivity index (χ2v) is 6.25. The smallest absolute Gasteiger partial charge is 0.317 e. The topological polar surface area (TPSA) is 72.9 Å². The zero-order valence-electron chi connectivity index (χ0n) is 13.7. The van der Waals surface area contributed by atoms with Gasteiger partial charge in [0.15, 0.2) is 0 Å². The molecule has 0 radical (unpaired) electrons. The van der Waals surface area contributed by atoms with E-state index in [9.17, 15) is 14.7 Å². The van der Waals surface area contributed by atoms with Gasteiger partial charge in [0.25, 0.3) is 0 Å². The second kappa shape index (κ2) is 7.64. The van der Waals surface area contributed by atoms with Crippen LogP contribution in [0.25, 0.3) is 0 Å². The van der Waals surface area contributed by atoms with E-state index in [-0.39, 0.29) is 12.6 Å². The number of carbonyl (C=O) groups is 2. The van der Waals surface area contributed by atoms with Gasteiger partial charge >= 0.3 is 12.0 Å². The second-order valence-electron chi connectivity index (χ2n) is 6.25. The maximum Gasteiger partial charge on any atom is 0.317 e. The van der Waals surface area contributed by atoms with Crippen molar-refractivity contribution in [3.63, 3.8) is 0 Å². The summed E-state index contributed by atoms with van der Waals surface area (Å²) in [4.78, 5) is 27.5. The fourth-order valence-electron chi connectivity index (χ4n) is 2.90. The van der Waals surface area contributed by atoms with Crippen LogP contribution in [0.15, 0.2) is 0 Å². The fraction of sp³-hybridized carbons (Fsp3) is 0.867. The number of urea groups is 1. The number of hydrogen-bond donors (Lipinski definition) is 2. The van der Waals surface area contributed by atoms with E-state index >= 15 is 0 Å². The third-order valence-corrected chi connectivity index (χ3v) is 4.75. The number of carboxylic acids is 1. The molecule has 0 aromatic carbocycles. The van der Waals surface area contributed by atoms with Gasteiger partial charge in [-0.25, -0.2) is 4.79 Å². The molecule has 1 unspecified atom stereocenters. The molecule has 1 fully saturated rings. The summed E-state index contributed by atoms with van der Waals surface area (Å²) in [6.45, 7) is 6.69. The molecule has 0 saturated carbocycles. The van der Waals surface area contributed by atoms with Crippen molar-refractivity contribution in [3.05, 3.63) is 0 Å². The number of rotatable bonds is 7. The molecule has 1 saturated heterocycles. The van der Waals surface area contributed by atoms with E-state index in [0.29, 0.717) is 25.3 Å². The lowest BCUT2D eigenvalue weighted by Crippen LogP contribution is -2.47. The lowest BCUT2D eigenvalue weighted by atomic mass is 9.82. The van der Waals surface area contributed by atoms with Crippen molar-refractivity contribution in [2.45, 2.75) is 33.1 Å². The number of hydrogen-bond acceptors (Lipinski definition) is 3. The summed E-state index contributed by atoms with van der Waals surface area (Å²) in [5.74, 6) is -0.333. The number of aliphatic carboxylic acids is 1. The normalized spacial score (nSPS) is 19.5. The van der Waals surface area contributed by atoms with Crippen LogP contribution >= 0.6 is 0 Å². The molecule has 122 valence electrons. The summed E-state index contributed by atoms with van der Waals surface area (Å²) in [5, 5.41) is 12.1. The number of likely N-dealkylation sites (tertiary alicyclic amines) is 1. The molecule has 0 aromatic heterocycles. The first-order valence-corrected chi connectivity index (χ1v) is 7.75. The van der Waals surface area contributed by atoms with Gasteiger partial charge in [-0.3, -0.25) is 4.79 Å². The Morgan fingerprint density at radius 3 is 2.43 bits per heavy atom. The first kappa shape index (κ1) is 17.8. The summed E-state index contributed by atoms with van der Waals surface area (Å²) in [6.07, 6.45) is 2.13. The van der Waals surface area contributed by atoms with Gasteiger partial charge < -0.3 is 20.2 Å². The predicted molar refractivity (Wildman–Crippen MR) is 82.3 cm³/mol. The first-order chi connectivity index (χ1) is 9.84.